The van der Waals surface area contributed by atoms with E-state index < -0.39 is 0 Å². The number of thiazole rings is 1. The van der Waals surface area contributed by atoms with Gasteiger partial charge < -0.3 is 5.32 Å². The molecule has 3 rings (SSSR count). The minimum absolute atomic E-state index is 0.781. The van der Waals surface area contributed by atoms with Crippen molar-refractivity contribution in [2.75, 3.05) is 6.54 Å². The molecule has 0 fully saturated rings. The monoisotopic (exact) mass is 337 g/mol. The van der Waals surface area contributed by atoms with Gasteiger partial charge in [-0.2, -0.15) is 0 Å². The molecule has 98 valence electrons. The highest BCUT2D eigenvalue weighted by molar-refractivity contribution is 9.10. The van der Waals surface area contributed by atoms with E-state index in [1.54, 1.807) is 17.5 Å². The van der Waals surface area contributed by atoms with E-state index in [-0.39, 0.29) is 0 Å². The molecule has 0 saturated heterocycles. The number of halogens is 1. The molecular formula is C12H12BrN5S. The molecule has 0 bridgehead atoms. The number of hydrogen-bond acceptors (Lipinski definition) is 5. The molecule has 3 aromatic rings. The number of fused-ring (bicyclic) bond motifs is 1. The first-order valence-electron chi connectivity index (χ1n) is 5.89. The number of rotatable bonds is 5. The molecular weight excluding hydrogens is 326 g/mol. The van der Waals surface area contributed by atoms with Crippen LogP contribution in [0.15, 0.2) is 34.8 Å². The Bertz CT molecular complexity index is 664. The summed E-state index contributed by atoms with van der Waals surface area (Å²) in [6.45, 7) is 1.69. The van der Waals surface area contributed by atoms with E-state index in [0.29, 0.717) is 0 Å². The van der Waals surface area contributed by atoms with Gasteiger partial charge in [0.15, 0.2) is 5.65 Å². The van der Waals surface area contributed by atoms with Crippen molar-refractivity contribution in [1.29, 1.82) is 0 Å². The van der Waals surface area contributed by atoms with Crippen LogP contribution in [0.25, 0.3) is 5.65 Å². The summed E-state index contributed by atoms with van der Waals surface area (Å²) in [5.74, 6) is 0. The molecule has 7 heteroatoms. The largest absolute Gasteiger partial charge is 0.311 e. The van der Waals surface area contributed by atoms with Gasteiger partial charge in [0.1, 0.15) is 4.60 Å². The molecule has 0 atom stereocenters. The van der Waals surface area contributed by atoms with Gasteiger partial charge in [0.2, 0.25) is 0 Å². The normalized spacial score (nSPS) is 11.2. The van der Waals surface area contributed by atoms with Gasteiger partial charge in [-0.25, -0.2) is 15.0 Å². The van der Waals surface area contributed by atoms with Crippen molar-refractivity contribution >= 4 is 32.9 Å². The van der Waals surface area contributed by atoms with Crippen LogP contribution in [-0.2, 0) is 13.0 Å². The van der Waals surface area contributed by atoms with Crippen LogP contribution in [0.2, 0.25) is 0 Å². The Morgan fingerprint density at radius 1 is 1.26 bits per heavy atom. The summed E-state index contributed by atoms with van der Waals surface area (Å²) < 4.78 is 2.84. The Labute approximate surface area is 122 Å². The van der Waals surface area contributed by atoms with Gasteiger partial charge in [-0.3, -0.25) is 4.40 Å². The van der Waals surface area contributed by atoms with Crippen LogP contribution in [0.1, 0.15) is 10.7 Å². The molecule has 5 nitrogen and oxygen atoms in total. The molecule has 3 aromatic heterocycles. The second-order valence-electron chi connectivity index (χ2n) is 4.04. The maximum atomic E-state index is 4.32. The lowest BCUT2D eigenvalue weighted by molar-refractivity contribution is 0.669. The summed E-state index contributed by atoms with van der Waals surface area (Å²) in [4.78, 5) is 12.7. The lowest BCUT2D eigenvalue weighted by atomic mass is 10.4. The first-order valence-corrected chi connectivity index (χ1v) is 7.57. The fraction of sp³-hybridized carbons (Fsp3) is 0.250. The predicted molar refractivity (Wildman–Crippen MR) is 78.2 cm³/mol. The van der Waals surface area contributed by atoms with E-state index in [0.717, 1.165) is 40.5 Å². The van der Waals surface area contributed by atoms with Gasteiger partial charge in [-0.15, -0.1) is 11.3 Å². The van der Waals surface area contributed by atoms with Crippen molar-refractivity contribution in [2.45, 2.75) is 13.0 Å². The Kier molecular flexibility index (Phi) is 3.86. The number of hydrogen-bond donors (Lipinski definition) is 1. The average Bonchev–Trinajstić information content (AvgIpc) is 3.04. The van der Waals surface area contributed by atoms with Crippen molar-refractivity contribution in [2.24, 2.45) is 0 Å². The zero-order chi connectivity index (χ0) is 13.1. The smallest absolute Gasteiger partial charge is 0.155 e. The third kappa shape index (κ3) is 2.99. The summed E-state index contributed by atoms with van der Waals surface area (Å²) in [5.41, 5.74) is 1.98. The Morgan fingerprint density at radius 3 is 3.05 bits per heavy atom. The highest BCUT2D eigenvalue weighted by Gasteiger charge is 2.04. The SMILES string of the molecule is Brc1cn2c(CNCCc3nccs3)cnc2cn1. The third-order valence-corrected chi connectivity index (χ3v) is 4.00. The van der Waals surface area contributed by atoms with E-state index in [9.17, 15) is 0 Å². The molecule has 0 unspecified atom stereocenters. The lowest BCUT2D eigenvalue weighted by Gasteiger charge is -2.04. The van der Waals surface area contributed by atoms with Crippen molar-refractivity contribution in [3.05, 3.63) is 45.5 Å². The average molecular weight is 338 g/mol. The number of nitrogens with one attached hydrogen (secondary N) is 1. The van der Waals surface area contributed by atoms with Crippen LogP contribution in [0, 0.1) is 0 Å². The van der Waals surface area contributed by atoms with Crippen LogP contribution in [0.4, 0.5) is 0 Å². The van der Waals surface area contributed by atoms with Gasteiger partial charge in [0.05, 0.1) is 23.1 Å². The van der Waals surface area contributed by atoms with E-state index in [2.05, 4.69) is 36.2 Å². The topological polar surface area (TPSA) is 55.1 Å². The highest BCUT2D eigenvalue weighted by atomic mass is 79.9. The van der Waals surface area contributed by atoms with Crippen LogP contribution in [-0.4, -0.2) is 25.9 Å². The first kappa shape index (κ1) is 12.7. The fourth-order valence-corrected chi connectivity index (χ4v) is 2.76. The predicted octanol–water partition coefficient (Wildman–Crippen LogP) is 2.28. The molecule has 0 aliphatic rings. The van der Waals surface area contributed by atoms with Crippen molar-refractivity contribution in [1.82, 2.24) is 24.7 Å². The van der Waals surface area contributed by atoms with Gasteiger partial charge >= 0.3 is 0 Å². The molecule has 0 aliphatic heterocycles. The van der Waals surface area contributed by atoms with E-state index in [1.165, 1.54) is 0 Å². The van der Waals surface area contributed by atoms with Crippen LogP contribution >= 0.6 is 27.3 Å². The van der Waals surface area contributed by atoms with Crippen LogP contribution in [0.3, 0.4) is 0 Å². The van der Waals surface area contributed by atoms with E-state index in [1.807, 2.05) is 28.4 Å². The minimum Gasteiger partial charge on any atom is -0.311 e. The van der Waals surface area contributed by atoms with Crippen molar-refractivity contribution in [3.63, 3.8) is 0 Å². The molecule has 0 radical (unpaired) electrons. The lowest BCUT2D eigenvalue weighted by Crippen LogP contribution is -2.17. The molecule has 19 heavy (non-hydrogen) atoms. The molecule has 0 aliphatic carbocycles. The van der Waals surface area contributed by atoms with Crippen molar-refractivity contribution < 1.29 is 0 Å². The Hall–Kier alpha value is -1.31. The van der Waals surface area contributed by atoms with Crippen LogP contribution in [0.5, 0.6) is 0 Å². The summed E-state index contributed by atoms with van der Waals surface area (Å²) >= 11 is 5.06. The summed E-state index contributed by atoms with van der Waals surface area (Å²) in [5, 5.41) is 6.58. The quantitative estimate of drug-likeness (QED) is 0.725. The number of aromatic nitrogens is 4. The Balaban J connectivity index is 1.60. The molecule has 0 saturated carbocycles. The van der Waals surface area contributed by atoms with Gasteiger partial charge in [-0.1, -0.05) is 0 Å². The second-order valence-corrected chi connectivity index (χ2v) is 5.83. The molecule has 0 aromatic carbocycles. The highest BCUT2D eigenvalue weighted by Crippen LogP contribution is 2.10. The standard InChI is InChI=1S/C12H12BrN5S/c13-10-8-18-9(6-17-11(18)7-16-10)5-14-2-1-12-15-3-4-19-12/h3-4,6-8,14H,1-2,5H2. The molecule has 3 heterocycles. The molecule has 0 amide bonds. The van der Waals surface area contributed by atoms with Gasteiger partial charge in [-0.05, 0) is 15.9 Å². The maximum Gasteiger partial charge on any atom is 0.155 e. The third-order valence-electron chi connectivity index (χ3n) is 2.75. The van der Waals surface area contributed by atoms with Crippen LogP contribution < -0.4 is 5.32 Å². The molecule has 0 spiro atoms. The number of imidazole rings is 1. The summed E-state index contributed by atoms with van der Waals surface area (Å²) in [6, 6.07) is 0. The zero-order valence-corrected chi connectivity index (χ0v) is 12.5. The minimum atomic E-state index is 0.781. The van der Waals surface area contributed by atoms with Crippen molar-refractivity contribution in [3.8, 4) is 0 Å². The fourth-order valence-electron chi connectivity index (χ4n) is 1.84. The van der Waals surface area contributed by atoms with Gasteiger partial charge in [0.25, 0.3) is 0 Å². The van der Waals surface area contributed by atoms with Gasteiger partial charge in [0, 0.05) is 37.3 Å². The summed E-state index contributed by atoms with van der Waals surface area (Å²) in [6.07, 6.45) is 8.36. The Morgan fingerprint density at radius 2 is 2.21 bits per heavy atom. The summed E-state index contributed by atoms with van der Waals surface area (Å²) in [7, 11) is 0. The number of nitrogens with zero attached hydrogens (tertiary/aromatic N) is 4. The zero-order valence-electron chi connectivity index (χ0n) is 10.1. The van der Waals surface area contributed by atoms with E-state index >= 15 is 0 Å². The second kappa shape index (κ2) is 5.77. The first-order chi connectivity index (χ1) is 9.33. The maximum absolute atomic E-state index is 4.32. The van der Waals surface area contributed by atoms with E-state index in [4.69, 9.17) is 0 Å². The molecule has 1 N–H and O–H groups in total.